The molecule has 0 radical (unpaired) electrons. The van der Waals surface area contributed by atoms with Gasteiger partial charge in [-0.05, 0) is 51.1 Å². The number of pyridine rings is 1. The topological polar surface area (TPSA) is 13.1 Å². The minimum Gasteiger partial charge on any atom is -0.380 e. The number of methoxy groups -OCH3 is 1. The van der Waals surface area contributed by atoms with E-state index in [0.29, 0.717) is 12.5 Å². The molecule has 0 fully saturated rings. The van der Waals surface area contributed by atoms with E-state index in [4.69, 9.17) is 4.74 Å². The van der Waals surface area contributed by atoms with E-state index in [1.165, 1.54) is 55.4 Å². The predicted octanol–water partition coefficient (Wildman–Crippen LogP) is 6.32. The van der Waals surface area contributed by atoms with Crippen LogP contribution in [0.25, 0.3) is 44.3 Å². The lowest BCUT2D eigenvalue weighted by atomic mass is 9.88. The van der Waals surface area contributed by atoms with Crippen LogP contribution in [0, 0.1) is 5.92 Å². The predicted molar refractivity (Wildman–Crippen MR) is 124 cm³/mol. The van der Waals surface area contributed by atoms with Gasteiger partial charge in [0.2, 0.25) is 5.69 Å². The fraction of sp³-hybridized carbons (Fsp3) is 0.250. The Labute approximate surface area is 178 Å². The Balaban J connectivity index is 1.99. The van der Waals surface area contributed by atoms with Crippen LogP contribution in [0.4, 0.5) is 0 Å². The van der Waals surface area contributed by atoms with E-state index in [0.717, 1.165) is 6.42 Å². The summed E-state index contributed by atoms with van der Waals surface area (Å²) in [6.45, 7) is 5.17. The Morgan fingerprint density at radius 3 is 2.33 bits per heavy atom. The van der Waals surface area contributed by atoms with Crippen LogP contribution in [0.2, 0.25) is 0 Å². The summed E-state index contributed by atoms with van der Waals surface area (Å²) >= 11 is 0. The summed E-state index contributed by atoms with van der Waals surface area (Å²) in [6.07, 6.45) is 3.25. The standard InChI is InChI=1S/C28H28NO/c1-18(2)14-19-15-21(17-30-4)27-25(16-19)23-10-6-5-9-22(23)24-11-7-8-20-12-13-29(3)28(27)26(20)24/h5-13,15-16,18H,14,17H2,1-4H3/q+1. The molecule has 1 aliphatic rings. The highest BCUT2D eigenvalue weighted by molar-refractivity contribution is 6.11. The molecular formula is C28H28NO+. The van der Waals surface area contributed by atoms with E-state index in [1.54, 1.807) is 7.11 Å². The zero-order chi connectivity index (χ0) is 20.8. The molecule has 0 amide bonds. The van der Waals surface area contributed by atoms with Crippen molar-refractivity contribution in [3.8, 4) is 33.5 Å². The molecule has 2 nitrogen and oxygen atoms in total. The quantitative estimate of drug-likeness (QED) is 0.325. The van der Waals surface area contributed by atoms with Gasteiger partial charge in [0.1, 0.15) is 7.05 Å². The molecule has 5 rings (SSSR count). The van der Waals surface area contributed by atoms with Crippen molar-refractivity contribution < 1.29 is 9.30 Å². The van der Waals surface area contributed by atoms with Crippen LogP contribution < -0.4 is 4.57 Å². The molecule has 0 atom stereocenters. The maximum Gasteiger partial charge on any atom is 0.221 e. The number of benzene rings is 3. The molecule has 4 aromatic rings. The van der Waals surface area contributed by atoms with Crippen molar-refractivity contribution in [2.45, 2.75) is 26.9 Å². The van der Waals surface area contributed by atoms with Crippen molar-refractivity contribution in [1.29, 1.82) is 0 Å². The van der Waals surface area contributed by atoms with E-state index in [-0.39, 0.29) is 0 Å². The van der Waals surface area contributed by atoms with Crippen molar-refractivity contribution in [1.82, 2.24) is 0 Å². The van der Waals surface area contributed by atoms with Gasteiger partial charge in [-0.3, -0.25) is 0 Å². The Morgan fingerprint density at radius 2 is 1.60 bits per heavy atom. The van der Waals surface area contributed by atoms with Gasteiger partial charge in [0.05, 0.1) is 17.6 Å². The molecule has 0 aliphatic heterocycles. The summed E-state index contributed by atoms with van der Waals surface area (Å²) in [4.78, 5) is 0. The molecule has 1 aliphatic carbocycles. The molecule has 0 N–H and O–H groups in total. The average Bonchev–Trinajstić information content (AvgIpc) is 2.85. The third kappa shape index (κ3) is 2.95. The summed E-state index contributed by atoms with van der Waals surface area (Å²) in [6, 6.07) is 22.5. The summed E-state index contributed by atoms with van der Waals surface area (Å²) in [5.41, 5.74) is 10.5. The maximum absolute atomic E-state index is 5.70. The van der Waals surface area contributed by atoms with Crippen LogP contribution in [-0.4, -0.2) is 7.11 Å². The number of rotatable bonds is 4. The van der Waals surface area contributed by atoms with Gasteiger partial charge in [0.15, 0.2) is 6.20 Å². The number of hydrogen-bond donors (Lipinski definition) is 0. The fourth-order valence-electron chi connectivity index (χ4n) is 5.01. The Hall–Kier alpha value is -2.97. The Kier molecular flexibility index (Phi) is 4.67. The molecule has 150 valence electrons. The van der Waals surface area contributed by atoms with Crippen LogP contribution in [0.5, 0.6) is 0 Å². The molecule has 0 bridgehead atoms. The van der Waals surface area contributed by atoms with Gasteiger partial charge in [0.25, 0.3) is 0 Å². The fourth-order valence-corrected chi connectivity index (χ4v) is 5.01. The van der Waals surface area contributed by atoms with Gasteiger partial charge in [0, 0.05) is 13.2 Å². The lowest BCUT2D eigenvalue weighted by Gasteiger charge is -2.17. The van der Waals surface area contributed by atoms with Gasteiger partial charge in [-0.15, -0.1) is 0 Å². The minimum atomic E-state index is 0.606. The highest BCUT2D eigenvalue weighted by Gasteiger charge is 2.29. The lowest BCUT2D eigenvalue weighted by molar-refractivity contribution is -0.659. The molecule has 0 saturated carbocycles. The normalized spacial score (nSPS) is 12.0. The SMILES string of the molecule is COCc1cc(CC(C)C)cc2c1-c1c3c(cccc3cc[n+]1C)-c1ccccc1-2. The van der Waals surface area contributed by atoms with Crippen molar-refractivity contribution in [2.75, 3.05) is 7.11 Å². The zero-order valence-electron chi connectivity index (χ0n) is 18.2. The van der Waals surface area contributed by atoms with E-state index in [2.05, 4.69) is 92.3 Å². The Morgan fingerprint density at radius 1 is 0.867 bits per heavy atom. The first-order valence-electron chi connectivity index (χ1n) is 10.7. The maximum atomic E-state index is 5.70. The van der Waals surface area contributed by atoms with Gasteiger partial charge in [-0.25, -0.2) is 4.57 Å². The van der Waals surface area contributed by atoms with Crippen LogP contribution in [-0.2, 0) is 24.8 Å². The molecule has 1 aromatic heterocycles. The highest BCUT2D eigenvalue weighted by Crippen LogP contribution is 2.47. The van der Waals surface area contributed by atoms with Crippen molar-refractivity contribution in [2.24, 2.45) is 13.0 Å². The second kappa shape index (κ2) is 7.37. The van der Waals surface area contributed by atoms with Crippen LogP contribution >= 0.6 is 0 Å². The molecular weight excluding hydrogens is 366 g/mol. The van der Waals surface area contributed by atoms with E-state index < -0.39 is 0 Å². The number of fused-ring (bicyclic) bond motifs is 5. The molecule has 0 spiro atoms. The van der Waals surface area contributed by atoms with E-state index >= 15 is 0 Å². The van der Waals surface area contributed by atoms with Crippen molar-refractivity contribution in [3.05, 3.63) is 78.0 Å². The third-order valence-corrected chi connectivity index (χ3v) is 6.13. The van der Waals surface area contributed by atoms with Crippen LogP contribution in [0.3, 0.4) is 0 Å². The number of ether oxygens (including phenoxy) is 1. The van der Waals surface area contributed by atoms with Gasteiger partial charge in [-0.2, -0.15) is 0 Å². The number of nitrogens with zero attached hydrogens (tertiary/aromatic N) is 1. The second-order valence-electron chi connectivity index (χ2n) is 8.80. The van der Waals surface area contributed by atoms with Crippen LogP contribution in [0.15, 0.2) is 66.9 Å². The molecule has 2 heteroatoms. The molecule has 3 aromatic carbocycles. The largest absolute Gasteiger partial charge is 0.380 e. The van der Waals surface area contributed by atoms with Crippen molar-refractivity contribution >= 4 is 10.8 Å². The second-order valence-corrected chi connectivity index (χ2v) is 8.80. The number of hydrogen-bond acceptors (Lipinski definition) is 1. The smallest absolute Gasteiger partial charge is 0.221 e. The molecule has 0 unspecified atom stereocenters. The van der Waals surface area contributed by atoms with Crippen molar-refractivity contribution in [3.63, 3.8) is 0 Å². The van der Waals surface area contributed by atoms with Gasteiger partial charge < -0.3 is 4.74 Å². The summed E-state index contributed by atoms with van der Waals surface area (Å²) < 4.78 is 7.97. The molecule has 30 heavy (non-hydrogen) atoms. The highest BCUT2D eigenvalue weighted by atomic mass is 16.5. The summed E-state index contributed by atoms with van der Waals surface area (Å²) in [7, 11) is 3.95. The van der Waals surface area contributed by atoms with Gasteiger partial charge in [-0.1, -0.05) is 68.4 Å². The molecule has 0 saturated heterocycles. The zero-order valence-corrected chi connectivity index (χ0v) is 18.2. The first-order valence-corrected chi connectivity index (χ1v) is 10.7. The van der Waals surface area contributed by atoms with E-state index in [9.17, 15) is 0 Å². The molecule has 1 heterocycles. The van der Waals surface area contributed by atoms with Gasteiger partial charge >= 0.3 is 0 Å². The van der Waals surface area contributed by atoms with Crippen LogP contribution in [0.1, 0.15) is 25.0 Å². The summed E-state index contributed by atoms with van der Waals surface area (Å²) in [5.74, 6) is 0.608. The lowest BCUT2D eigenvalue weighted by Crippen LogP contribution is -2.31. The first kappa shape index (κ1) is 19.0. The Bertz CT molecular complexity index is 1270. The number of aryl methyl sites for hydroxylation is 1. The number of aromatic nitrogens is 1. The first-order chi connectivity index (χ1) is 14.6. The average molecular weight is 395 g/mol. The minimum absolute atomic E-state index is 0.606. The summed E-state index contributed by atoms with van der Waals surface area (Å²) in [5, 5.41) is 2.60. The monoisotopic (exact) mass is 394 g/mol. The third-order valence-electron chi connectivity index (χ3n) is 6.13. The van der Waals surface area contributed by atoms with E-state index in [1.807, 2.05) is 0 Å².